The maximum atomic E-state index is 15.0. The Morgan fingerprint density at radius 3 is 1.33 bits per heavy atom. The van der Waals surface area contributed by atoms with Crippen molar-refractivity contribution in [2.75, 3.05) is 45.9 Å². The second kappa shape index (κ2) is 52.8. The highest BCUT2D eigenvalue weighted by Gasteiger charge is 2.47. The number of aliphatic hydroxyl groups excluding tert-OH is 1. The number of nitrogens with two attached hydrogens (primary N) is 7. The van der Waals surface area contributed by atoms with Gasteiger partial charge in [-0.15, -0.1) is 0 Å². The molecule has 0 saturated carbocycles. The molecule has 3 aliphatic heterocycles. The SMILES string of the molecule is CC[C@H](C)[C@H](N)C(=O)N[C@@H](CC(C)C)C(=O)N[C@H](C(=O)N[C@@H](CCCN=C(N)N)C(=O)N1CCC[C@H]1C(=O)N[C@@H](CC(C)C)C(=O)N[C@@H](Cc1ccc(O)cc1)C(=O)N[C@@H](CO)C(=O)N[C@@H](CC(N)=O)C(=O)N1CCC[C@H]1C(=O)N1CCC[C@H]1C(=O)N[C@@H](CC(C)C)C(=O)N[C@@H](CC(N)=O)C(=O)NCC(=O)N[C@@H](C)C(=O)N[C@@H](CCCN=C(N)N)C(=O)O)[C@@H](C)CC. The Bertz CT molecular complexity index is 4050. The number of primary amides is 2. The molecule has 3 saturated heterocycles. The predicted molar refractivity (Wildman–Crippen MR) is 463 cm³/mol. The molecule has 1 aromatic carbocycles. The summed E-state index contributed by atoms with van der Waals surface area (Å²) in [5, 5.41) is 61.1. The second-order valence-corrected chi connectivity index (χ2v) is 33.9. The number of aliphatic carboxylic acids is 1. The number of phenols is 1. The summed E-state index contributed by atoms with van der Waals surface area (Å²) in [5.74, 6) is -18.8. The lowest BCUT2D eigenvalue weighted by Gasteiger charge is -2.33. The van der Waals surface area contributed by atoms with Crippen molar-refractivity contribution in [2.24, 2.45) is 79.7 Å². The third kappa shape index (κ3) is 35.4. The van der Waals surface area contributed by atoms with Gasteiger partial charge in [-0.05, 0) is 138 Å². The summed E-state index contributed by atoms with van der Waals surface area (Å²) in [6, 6.07) is -15.6. The smallest absolute Gasteiger partial charge is 0.326 e. The van der Waals surface area contributed by atoms with E-state index in [4.69, 9.17) is 40.1 Å². The lowest BCUT2D eigenvalue weighted by Crippen LogP contribution is -2.61. The van der Waals surface area contributed by atoms with E-state index in [2.05, 4.69) is 73.8 Å². The van der Waals surface area contributed by atoms with E-state index in [9.17, 15) is 102 Å². The van der Waals surface area contributed by atoms with Gasteiger partial charge in [-0.2, -0.15) is 0 Å². The number of hydrogen-bond donors (Lipinski definition) is 22. The molecule has 17 atom stereocenters. The van der Waals surface area contributed by atoms with Crippen LogP contribution in [-0.4, -0.2) is 285 Å². The fourth-order valence-corrected chi connectivity index (χ4v) is 14.8. The first kappa shape index (κ1) is 107. The lowest BCUT2D eigenvalue weighted by atomic mass is 9.95. The van der Waals surface area contributed by atoms with Crippen molar-refractivity contribution >= 4 is 118 Å². The molecule has 29 N–H and O–H groups in total. The Hall–Kier alpha value is -12.1. The van der Waals surface area contributed by atoms with Crippen LogP contribution in [0, 0.1) is 29.6 Å². The number of carboxylic acid groups (broad SMARTS) is 1. The zero-order valence-electron chi connectivity index (χ0n) is 74.5. The quantitative estimate of drug-likeness (QED) is 0.0164. The number of hydrogen-bond acceptors (Lipinski definition) is 23. The van der Waals surface area contributed by atoms with Crippen LogP contribution in [0.5, 0.6) is 5.75 Å². The maximum Gasteiger partial charge on any atom is 0.326 e. The molecule has 3 fully saturated rings. The van der Waals surface area contributed by atoms with Gasteiger partial charge >= 0.3 is 5.97 Å². The van der Waals surface area contributed by atoms with Crippen LogP contribution in [0.1, 0.15) is 191 Å². The van der Waals surface area contributed by atoms with Crippen LogP contribution in [0.4, 0.5) is 0 Å². The van der Waals surface area contributed by atoms with Gasteiger partial charge in [-0.25, -0.2) is 4.79 Å². The molecule has 127 heavy (non-hydrogen) atoms. The number of guanidine groups is 2. The number of carbonyl (C=O) groups is 18. The average Bonchev–Trinajstić information content (AvgIpc) is 1.63. The molecule has 45 nitrogen and oxygen atoms in total. The summed E-state index contributed by atoms with van der Waals surface area (Å²) >= 11 is 0. The lowest BCUT2D eigenvalue weighted by molar-refractivity contribution is -0.148. The summed E-state index contributed by atoms with van der Waals surface area (Å²) in [5.41, 5.74) is 39.6. The van der Waals surface area contributed by atoms with Gasteiger partial charge in [0.25, 0.3) is 0 Å². The molecule has 0 spiro atoms. The minimum absolute atomic E-state index is 0.0144. The van der Waals surface area contributed by atoms with Crippen molar-refractivity contribution in [3.63, 3.8) is 0 Å². The van der Waals surface area contributed by atoms with Gasteiger partial charge in [0.2, 0.25) is 100 Å². The molecule has 3 heterocycles. The standard InChI is InChI=1S/C82H136N24O21/c1-12-44(9)64(85)75(121)100-53(35-43(7)8)71(117)103-65(45(10)13-2)76(122)94-49(19-14-28-90-81(86)87)77(123)104-30-16-21-58(104)73(119)98-51(33-41(3)4)68(114)96-54(36-47-24-26-48(108)27-25-47)70(116)102-57(40-107)72(118)101-56(38-62(84)110)78(124)106-32-18-23-60(106)79(125)105-31-17-22-59(105)74(120)99-52(34-42(5)6)69(115)97-55(37-61(83)109)67(113)92-39-63(111)93-46(11)66(112)95-50(80(126)127)20-15-29-91-82(88)89/h24-27,41-46,49-60,64-65,107-108H,12-23,28-40,85H2,1-11H3,(H2,83,109)(H2,84,110)(H,92,113)(H,93,111)(H,94,122)(H,95,112)(H,96,114)(H,97,115)(H,98,119)(H,99,120)(H,100,121)(H,101,118)(H,102,116)(H,103,117)(H,126,127)(H4,86,87,90)(H4,88,89,91)/t44-,45-,46-,49-,50-,51-,52-,53-,54-,55-,56-,57-,58-,59-,60-,64-,65-/m0/s1. The van der Waals surface area contributed by atoms with Crippen LogP contribution >= 0.6 is 0 Å². The molecule has 0 unspecified atom stereocenters. The van der Waals surface area contributed by atoms with Gasteiger partial charge in [0, 0.05) is 39.1 Å². The first-order valence-electron chi connectivity index (χ1n) is 43.3. The molecule has 4 rings (SSSR count). The molecule has 1 aromatic rings. The summed E-state index contributed by atoms with van der Waals surface area (Å²) < 4.78 is 0. The molecule has 710 valence electrons. The topological polar surface area (TPSA) is 729 Å². The number of carbonyl (C=O) groups excluding carboxylic acids is 17. The third-order valence-corrected chi connectivity index (χ3v) is 22.1. The Kier molecular flexibility index (Phi) is 44.6. The molecule has 45 heteroatoms. The zero-order valence-corrected chi connectivity index (χ0v) is 74.5. The summed E-state index contributed by atoms with van der Waals surface area (Å²) in [7, 11) is 0. The normalized spacial score (nSPS) is 18.2. The van der Waals surface area contributed by atoms with Crippen LogP contribution in [0.3, 0.4) is 0 Å². The first-order valence-corrected chi connectivity index (χ1v) is 43.3. The monoisotopic (exact) mass is 1790 g/mol. The highest BCUT2D eigenvalue weighted by molar-refractivity contribution is 6.02. The van der Waals surface area contributed by atoms with Crippen LogP contribution in [0.25, 0.3) is 0 Å². The summed E-state index contributed by atoms with van der Waals surface area (Å²) in [6.07, 6.45) is 0.148. The Balaban J connectivity index is 1.53. The highest BCUT2D eigenvalue weighted by Crippen LogP contribution is 2.28. The molecular weight excluding hydrogens is 1660 g/mol. The zero-order chi connectivity index (χ0) is 95.4. The number of aliphatic imine (C=N–C) groups is 2. The van der Waals surface area contributed by atoms with E-state index in [-0.39, 0.29) is 158 Å². The van der Waals surface area contributed by atoms with Crippen molar-refractivity contribution < 1.29 is 102 Å². The summed E-state index contributed by atoms with van der Waals surface area (Å²) in [4.78, 5) is 261. The molecule has 0 bridgehead atoms. The van der Waals surface area contributed by atoms with Gasteiger partial charge in [-0.1, -0.05) is 94.2 Å². The van der Waals surface area contributed by atoms with Gasteiger partial charge in [0.15, 0.2) is 11.9 Å². The van der Waals surface area contributed by atoms with Gasteiger partial charge < -0.3 is 134 Å². The highest BCUT2D eigenvalue weighted by atomic mass is 16.4. The van der Waals surface area contributed by atoms with E-state index < -0.39 is 229 Å². The minimum atomic E-state index is -1.94. The second-order valence-electron chi connectivity index (χ2n) is 33.9. The number of nitrogens with one attached hydrogen (secondary N) is 12. The van der Waals surface area contributed by atoms with Crippen molar-refractivity contribution in [2.45, 2.75) is 282 Å². The number of aliphatic hydroxyl groups is 1. The number of rotatable bonds is 53. The van der Waals surface area contributed by atoms with E-state index in [1.54, 1.807) is 41.5 Å². The average molecular weight is 1790 g/mol. The van der Waals surface area contributed by atoms with E-state index in [1.165, 1.54) is 41.0 Å². The van der Waals surface area contributed by atoms with E-state index >= 15 is 0 Å². The van der Waals surface area contributed by atoms with Crippen LogP contribution in [0.15, 0.2) is 34.3 Å². The van der Waals surface area contributed by atoms with Gasteiger partial charge in [0.05, 0.1) is 32.0 Å². The fourth-order valence-electron chi connectivity index (χ4n) is 14.8. The molecule has 0 radical (unpaired) electrons. The molecular formula is C82H136N24O21. The van der Waals surface area contributed by atoms with Crippen molar-refractivity contribution in [3.8, 4) is 5.75 Å². The minimum Gasteiger partial charge on any atom is -0.508 e. The number of likely N-dealkylation sites (tertiary alicyclic amines) is 3. The van der Waals surface area contributed by atoms with E-state index in [0.717, 1.165) is 4.90 Å². The maximum absolute atomic E-state index is 15.0. The van der Waals surface area contributed by atoms with Gasteiger partial charge in [-0.3, -0.25) is 91.5 Å². The van der Waals surface area contributed by atoms with Crippen LogP contribution < -0.4 is 104 Å². The first-order chi connectivity index (χ1) is 59.7. The van der Waals surface area contributed by atoms with Crippen molar-refractivity contribution in [3.05, 3.63) is 29.8 Å². The number of amides is 17. The Labute approximate surface area is 738 Å². The van der Waals surface area contributed by atoms with Crippen molar-refractivity contribution in [1.29, 1.82) is 0 Å². The predicted octanol–water partition coefficient (Wildman–Crippen LogP) is -6.13. The third-order valence-electron chi connectivity index (χ3n) is 22.1. The number of carboxylic acids is 1. The van der Waals surface area contributed by atoms with Crippen molar-refractivity contribution in [1.82, 2.24) is 78.5 Å². The van der Waals surface area contributed by atoms with Gasteiger partial charge in [0.1, 0.15) is 90.3 Å². The molecule has 3 aliphatic rings. The Morgan fingerprint density at radius 1 is 0.441 bits per heavy atom. The van der Waals surface area contributed by atoms with E-state index in [0.29, 0.717) is 24.8 Å². The number of phenolic OH excluding ortho intramolecular Hbond substituents is 1. The summed E-state index contributed by atoms with van der Waals surface area (Å²) in [6.45, 7) is 17.1. The molecule has 17 amide bonds. The number of aromatic hydroxyl groups is 1. The fraction of sp³-hybridized carbons (Fsp3) is 0.683. The number of benzene rings is 1. The van der Waals surface area contributed by atoms with Crippen LogP contribution in [0.2, 0.25) is 0 Å². The largest absolute Gasteiger partial charge is 0.508 e. The number of nitrogens with zero attached hydrogens (tertiary/aromatic N) is 5. The van der Waals surface area contributed by atoms with E-state index in [1.807, 2.05) is 27.7 Å². The van der Waals surface area contributed by atoms with Crippen LogP contribution in [-0.2, 0) is 92.7 Å². The molecule has 0 aliphatic carbocycles. The molecule has 0 aromatic heterocycles. The Morgan fingerprint density at radius 2 is 0.843 bits per heavy atom.